The van der Waals surface area contributed by atoms with Crippen LogP contribution in [0.15, 0.2) is 4.79 Å². The number of hydrogen-bond acceptors (Lipinski definition) is 6. The Morgan fingerprint density at radius 3 is 2.57 bits per heavy atom. The molecule has 0 aliphatic carbocycles. The van der Waals surface area contributed by atoms with Crippen LogP contribution >= 0.6 is 0 Å². The highest BCUT2D eigenvalue weighted by Crippen LogP contribution is 2.27. The first-order valence-electron chi connectivity index (χ1n) is 7.41. The summed E-state index contributed by atoms with van der Waals surface area (Å²) in [6, 6.07) is 0. The number of aryl methyl sites for hydroxylation is 3. The lowest BCUT2D eigenvalue weighted by Crippen LogP contribution is -2.22. The molecule has 0 saturated heterocycles. The van der Waals surface area contributed by atoms with Gasteiger partial charge in [-0.15, -0.1) is 0 Å². The van der Waals surface area contributed by atoms with Crippen LogP contribution in [-0.2, 0) is 26.4 Å². The van der Waals surface area contributed by atoms with Gasteiger partial charge in [-0.1, -0.05) is 13.8 Å². The third-order valence-corrected chi connectivity index (χ3v) is 3.77. The van der Waals surface area contributed by atoms with Crippen molar-refractivity contribution >= 4 is 11.5 Å². The lowest BCUT2D eigenvalue weighted by atomic mass is 10.0. The summed E-state index contributed by atoms with van der Waals surface area (Å²) in [5.41, 5.74) is 2.23. The maximum Gasteiger partial charge on any atom is 0.333 e. The van der Waals surface area contributed by atoms with Gasteiger partial charge in [0.15, 0.2) is 0 Å². The number of H-pyrrole nitrogens is 1. The van der Waals surface area contributed by atoms with Crippen molar-refractivity contribution in [1.29, 1.82) is 0 Å². The average molecular weight is 320 g/mol. The Morgan fingerprint density at radius 1 is 1.30 bits per heavy atom. The highest BCUT2D eigenvalue weighted by Gasteiger charge is 2.24. The van der Waals surface area contributed by atoms with Crippen LogP contribution in [-0.4, -0.2) is 24.9 Å². The van der Waals surface area contributed by atoms with E-state index in [1.807, 2.05) is 13.8 Å². The second kappa shape index (κ2) is 6.59. The van der Waals surface area contributed by atoms with Crippen molar-refractivity contribution in [3.05, 3.63) is 43.0 Å². The molecule has 9 nitrogen and oxygen atoms in total. The van der Waals surface area contributed by atoms with Crippen LogP contribution in [0, 0.1) is 17.0 Å². The fourth-order valence-corrected chi connectivity index (χ4v) is 2.70. The van der Waals surface area contributed by atoms with E-state index in [0.717, 1.165) is 11.3 Å². The molecule has 0 unspecified atom stereocenters. The Labute approximate surface area is 132 Å². The molecule has 0 spiro atoms. The van der Waals surface area contributed by atoms with Gasteiger partial charge in [-0.2, -0.15) is 10.2 Å². The summed E-state index contributed by atoms with van der Waals surface area (Å²) in [6.45, 7) is 5.67. The molecule has 2 rings (SSSR count). The Bertz CT molecular complexity index is 793. The third kappa shape index (κ3) is 3.08. The number of nitrogens with zero attached hydrogens (tertiary/aromatic N) is 4. The first kappa shape index (κ1) is 16.7. The molecule has 0 aliphatic heterocycles. The van der Waals surface area contributed by atoms with E-state index in [4.69, 9.17) is 0 Å². The summed E-state index contributed by atoms with van der Waals surface area (Å²) in [6.07, 6.45) is 1.38. The van der Waals surface area contributed by atoms with Gasteiger partial charge in [-0.3, -0.25) is 14.9 Å². The summed E-state index contributed by atoms with van der Waals surface area (Å²) in [7, 11) is 1.62. The molecule has 2 aromatic heterocycles. The maximum absolute atomic E-state index is 12.1. The van der Waals surface area contributed by atoms with E-state index in [1.165, 1.54) is 4.68 Å². The summed E-state index contributed by atoms with van der Waals surface area (Å²) < 4.78 is 1.41. The van der Waals surface area contributed by atoms with Crippen LogP contribution in [0.25, 0.3) is 0 Å². The normalized spacial score (nSPS) is 10.8. The third-order valence-electron chi connectivity index (χ3n) is 3.77. The first-order chi connectivity index (χ1) is 10.9. The minimum absolute atomic E-state index is 0.0771. The Hall–Kier alpha value is -2.71. The molecule has 9 heteroatoms. The minimum Gasteiger partial charge on any atom is -0.360 e. The highest BCUT2D eigenvalue weighted by molar-refractivity contribution is 5.59. The van der Waals surface area contributed by atoms with E-state index in [0.29, 0.717) is 24.1 Å². The molecule has 23 heavy (non-hydrogen) atoms. The molecule has 0 fully saturated rings. The van der Waals surface area contributed by atoms with Crippen LogP contribution in [0.3, 0.4) is 0 Å². The van der Waals surface area contributed by atoms with Gasteiger partial charge in [-0.05, 0) is 25.3 Å². The lowest BCUT2D eigenvalue weighted by Gasteiger charge is -2.11. The smallest absolute Gasteiger partial charge is 0.333 e. The second-order valence-electron chi connectivity index (χ2n) is 5.18. The van der Waals surface area contributed by atoms with Gasteiger partial charge in [0.05, 0.1) is 10.6 Å². The fraction of sp³-hybridized carbons (Fsp3) is 0.500. The quantitative estimate of drug-likeness (QED) is 0.614. The van der Waals surface area contributed by atoms with E-state index in [2.05, 4.69) is 20.6 Å². The molecular weight excluding hydrogens is 300 g/mol. The lowest BCUT2D eigenvalue weighted by molar-refractivity contribution is -0.384. The summed E-state index contributed by atoms with van der Waals surface area (Å²) >= 11 is 0. The fourth-order valence-electron chi connectivity index (χ4n) is 2.70. The van der Waals surface area contributed by atoms with Gasteiger partial charge in [-0.25, -0.2) is 9.78 Å². The van der Waals surface area contributed by atoms with Crippen LogP contribution < -0.4 is 10.9 Å². The van der Waals surface area contributed by atoms with Crippen molar-refractivity contribution in [2.24, 2.45) is 7.05 Å². The number of aromatic amines is 1. The van der Waals surface area contributed by atoms with Gasteiger partial charge in [0.25, 0.3) is 5.56 Å². The van der Waals surface area contributed by atoms with Crippen LogP contribution in [0.4, 0.5) is 11.5 Å². The SMILES string of the molecule is CCc1n[nH]c(=O)c(CNc2c([N+](=O)[O-])c(C)nn2C)c1CC. The van der Waals surface area contributed by atoms with Crippen molar-refractivity contribution in [2.75, 3.05) is 5.32 Å². The summed E-state index contributed by atoms with van der Waals surface area (Å²) in [5, 5.41) is 24.8. The van der Waals surface area contributed by atoms with Gasteiger partial charge >= 0.3 is 5.69 Å². The Kier molecular flexibility index (Phi) is 4.77. The number of nitrogens with one attached hydrogen (secondary N) is 2. The molecular formula is C14H20N6O3. The molecule has 0 atom stereocenters. The minimum atomic E-state index is -0.473. The molecule has 124 valence electrons. The van der Waals surface area contributed by atoms with E-state index < -0.39 is 4.92 Å². The molecule has 2 N–H and O–H groups in total. The zero-order valence-electron chi connectivity index (χ0n) is 13.6. The van der Waals surface area contributed by atoms with E-state index >= 15 is 0 Å². The molecule has 0 bridgehead atoms. The zero-order valence-corrected chi connectivity index (χ0v) is 13.6. The number of nitro groups is 1. The first-order valence-corrected chi connectivity index (χ1v) is 7.41. The molecule has 0 radical (unpaired) electrons. The summed E-state index contributed by atoms with van der Waals surface area (Å²) in [5.74, 6) is 0.281. The van der Waals surface area contributed by atoms with Crippen molar-refractivity contribution in [1.82, 2.24) is 20.0 Å². The van der Waals surface area contributed by atoms with Crippen molar-refractivity contribution in [2.45, 2.75) is 40.2 Å². The van der Waals surface area contributed by atoms with Crippen LogP contribution in [0.5, 0.6) is 0 Å². The molecule has 0 aliphatic rings. The van der Waals surface area contributed by atoms with E-state index in [-0.39, 0.29) is 23.6 Å². The van der Waals surface area contributed by atoms with Gasteiger partial charge in [0.2, 0.25) is 5.82 Å². The molecule has 2 heterocycles. The number of aromatic nitrogens is 4. The highest BCUT2D eigenvalue weighted by atomic mass is 16.6. The van der Waals surface area contributed by atoms with Crippen LogP contribution in [0.1, 0.15) is 36.4 Å². The molecule has 0 aromatic carbocycles. The number of anilines is 1. The number of hydrogen-bond donors (Lipinski definition) is 2. The largest absolute Gasteiger partial charge is 0.360 e. The van der Waals surface area contributed by atoms with Gasteiger partial charge < -0.3 is 5.32 Å². The molecule has 0 amide bonds. The number of rotatable bonds is 6. The predicted octanol–water partition coefficient (Wildman–Crippen LogP) is 1.46. The van der Waals surface area contributed by atoms with E-state index in [9.17, 15) is 14.9 Å². The standard InChI is InChI=1S/C14H20N6O3/c1-5-9-10(14(21)17-16-11(9)6-2)7-15-13-12(20(22)23)8(3)18-19(13)4/h15H,5-7H2,1-4H3,(H,17,21). The Morgan fingerprint density at radius 2 is 2.00 bits per heavy atom. The van der Waals surface area contributed by atoms with Crippen LogP contribution in [0.2, 0.25) is 0 Å². The zero-order chi connectivity index (χ0) is 17.1. The van der Waals surface area contributed by atoms with Crippen molar-refractivity contribution in [3.63, 3.8) is 0 Å². The molecule has 2 aromatic rings. The maximum atomic E-state index is 12.1. The van der Waals surface area contributed by atoms with Crippen molar-refractivity contribution in [3.8, 4) is 0 Å². The topological polar surface area (TPSA) is 119 Å². The van der Waals surface area contributed by atoms with Crippen molar-refractivity contribution < 1.29 is 4.92 Å². The van der Waals surface area contributed by atoms with E-state index in [1.54, 1.807) is 14.0 Å². The van der Waals surface area contributed by atoms with Gasteiger partial charge in [0, 0.05) is 19.2 Å². The second-order valence-corrected chi connectivity index (χ2v) is 5.18. The molecule has 0 saturated carbocycles. The summed E-state index contributed by atoms with van der Waals surface area (Å²) in [4.78, 5) is 22.8. The monoisotopic (exact) mass is 320 g/mol. The van der Waals surface area contributed by atoms with Gasteiger partial charge in [0.1, 0.15) is 5.69 Å². The average Bonchev–Trinajstić information content (AvgIpc) is 2.79. The Balaban J connectivity index is 2.40. The predicted molar refractivity (Wildman–Crippen MR) is 85.5 cm³/mol.